The summed E-state index contributed by atoms with van der Waals surface area (Å²) in [6.45, 7) is 2.37. The van der Waals surface area contributed by atoms with E-state index < -0.39 is 10.0 Å². The number of aryl methyl sites for hydroxylation is 1. The van der Waals surface area contributed by atoms with E-state index in [0.29, 0.717) is 18.7 Å². The fourth-order valence-electron chi connectivity index (χ4n) is 1.14. The number of aromatic nitrogens is 2. The van der Waals surface area contributed by atoms with E-state index in [1.807, 2.05) is 6.92 Å². The van der Waals surface area contributed by atoms with Gasteiger partial charge < -0.3 is 4.98 Å². The number of nitrogens with zero attached hydrogens (tertiary/aromatic N) is 4. The monoisotopic (exact) mass is 258 g/mol. The van der Waals surface area contributed by atoms with Crippen LogP contribution in [-0.2, 0) is 16.4 Å². The van der Waals surface area contributed by atoms with Gasteiger partial charge >= 0.3 is 0 Å². The van der Waals surface area contributed by atoms with Crippen molar-refractivity contribution in [2.24, 2.45) is 5.11 Å². The predicted molar refractivity (Wildman–Crippen MR) is 61.8 cm³/mol. The molecule has 0 bridgehead atoms. The Labute approximate surface area is 99.1 Å². The summed E-state index contributed by atoms with van der Waals surface area (Å²) in [4.78, 5) is 9.20. The highest BCUT2D eigenvalue weighted by atomic mass is 32.2. The van der Waals surface area contributed by atoms with Crippen molar-refractivity contribution in [1.82, 2.24) is 14.7 Å². The summed E-state index contributed by atoms with van der Waals surface area (Å²) < 4.78 is 25.8. The Balaban J connectivity index is 2.53. The van der Waals surface area contributed by atoms with Crippen LogP contribution < -0.4 is 4.72 Å². The molecule has 1 aromatic rings. The van der Waals surface area contributed by atoms with Gasteiger partial charge in [0.05, 0.1) is 6.20 Å². The van der Waals surface area contributed by atoms with Crippen LogP contribution in [0.15, 0.2) is 16.3 Å². The second-order valence-corrected chi connectivity index (χ2v) is 4.99. The van der Waals surface area contributed by atoms with Gasteiger partial charge in [0.1, 0.15) is 5.82 Å². The molecule has 0 saturated heterocycles. The molecule has 9 heteroatoms. The summed E-state index contributed by atoms with van der Waals surface area (Å²) in [6.07, 6.45) is 2.39. The average Bonchev–Trinajstić information content (AvgIpc) is 2.78. The van der Waals surface area contributed by atoms with Gasteiger partial charge in [-0.2, -0.15) is 0 Å². The minimum Gasteiger partial charge on any atom is -0.332 e. The maximum atomic E-state index is 11.7. The lowest BCUT2D eigenvalue weighted by Crippen LogP contribution is -2.25. The van der Waals surface area contributed by atoms with E-state index in [1.165, 1.54) is 6.20 Å². The van der Waals surface area contributed by atoms with Gasteiger partial charge in [-0.15, -0.1) is 0 Å². The molecule has 0 unspecified atom stereocenters. The molecule has 0 atom stereocenters. The zero-order valence-electron chi connectivity index (χ0n) is 9.42. The Hall–Kier alpha value is -1.57. The Kier molecular flexibility index (Phi) is 4.95. The molecule has 0 amide bonds. The first-order valence-electron chi connectivity index (χ1n) is 5.14. The zero-order valence-corrected chi connectivity index (χ0v) is 10.2. The second-order valence-electron chi connectivity index (χ2n) is 3.25. The lowest BCUT2D eigenvalue weighted by molar-refractivity contribution is 0.576. The van der Waals surface area contributed by atoms with Crippen molar-refractivity contribution in [2.45, 2.75) is 24.8 Å². The molecular formula is C8H14N6O2S. The standard InChI is InChI=1S/C8H14N6O2S/c1-2-7-10-6-8(13-7)17(15,16)12-5-3-4-11-14-9/h6,12H,2-5H2,1H3,(H,10,13). The highest BCUT2D eigenvalue weighted by Crippen LogP contribution is 2.05. The van der Waals surface area contributed by atoms with Crippen molar-refractivity contribution in [3.8, 4) is 0 Å². The van der Waals surface area contributed by atoms with E-state index in [-0.39, 0.29) is 18.1 Å². The average molecular weight is 258 g/mol. The minimum absolute atomic E-state index is 0.0538. The van der Waals surface area contributed by atoms with E-state index in [4.69, 9.17) is 5.53 Å². The van der Waals surface area contributed by atoms with Gasteiger partial charge in [-0.25, -0.2) is 18.1 Å². The molecule has 0 spiro atoms. The Bertz CT molecular complexity index is 502. The summed E-state index contributed by atoms with van der Waals surface area (Å²) in [6, 6.07) is 0. The van der Waals surface area contributed by atoms with Crippen molar-refractivity contribution >= 4 is 10.0 Å². The molecule has 17 heavy (non-hydrogen) atoms. The number of hydrogen-bond donors (Lipinski definition) is 2. The quantitative estimate of drug-likeness (QED) is 0.327. The fourth-order valence-corrected chi connectivity index (χ4v) is 2.15. The Morgan fingerprint density at radius 3 is 3.00 bits per heavy atom. The zero-order chi connectivity index (χ0) is 12.7. The lowest BCUT2D eigenvalue weighted by atomic mass is 10.4. The SMILES string of the molecule is CCc1ncc(S(=O)(=O)NCCCN=[N+]=[N-])[nH]1. The van der Waals surface area contributed by atoms with Crippen molar-refractivity contribution in [3.63, 3.8) is 0 Å². The topological polar surface area (TPSA) is 124 Å². The van der Waals surface area contributed by atoms with Crippen LogP contribution in [0.1, 0.15) is 19.2 Å². The minimum atomic E-state index is -3.54. The maximum absolute atomic E-state index is 11.7. The van der Waals surface area contributed by atoms with Crippen molar-refractivity contribution in [3.05, 3.63) is 22.5 Å². The van der Waals surface area contributed by atoms with Gasteiger partial charge in [-0.05, 0) is 12.0 Å². The number of hydrogen-bond acceptors (Lipinski definition) is 4. The van der Waals surface area contributed by atoms with E-state index in [0.717, 1.165) is 0 Å². The normalized spacial score (nSPS) is 11.1. The number of imidazole rings is 1. The summed E-state index contributed by atoms with van der Waals surface area (Å²) in [5, 5.41) is 3.36. The van der Waals surface area contributed by atoms with Crippen LogP contribution in [0.5, 0.6) is 0 Å². The molecule has 0 aliphatic rings. The van der Waals surface area contributed by atoms with Crippen LogP contribution in [0.2, 0.25) is 0 Å². The molecule has 1 rings (SSSR count). The Morgan fingerprint density at radius 1 is 1.65 bits per heavy atom. The van der Waals surface area contributed by atoms with Crippen molar-refractivity contribution in [1.29, 1.82) is 0 Å². The van der Waals surface area contributed by atoms with Gasteiger partial charge in [0.15, 0.2) is 5.03 Å². The smallest absolute Gasteiger partial charge is 0.257 e. The molecule has 0 aliphatic carbocycles. The van der Waals surface area contributed by atoms with Crippen LogP contribution in [-0.4, -0.2) is 31.5 Å². The van der Waals surface area contributed by atoms with Crippen LogP contribution in [0.25, 0.3) is 10.4 Å². The molecule has 0 aliphatic heterocycles. The highest BCUT2D eigenvalue weighted by Gasteiger charge is 2.15. The van der Waals surface area contributed by atoms with Gasteiger partial charge in [0.25, 0.3) is 10.0 Å². The molecule has 2 N–H and O–H groups in total. The molecule has 0 fully saturated rings. The Morgan fingerprint density at radius 2 is 2.41 bits per heavy atom. The molecule has 8 nitrogen and oxygen atoms in total. The van der Waals surface area contributed by atoms with Gasteiger partial charge in [0, 0.05) is 24.4 Å². The van der Waals surface area contributed by atoms with E-state index in [1.54, 1.807) is 0 Å². The third kappa shape index (κ3) is 4.06. The molecule has 94 valence electrons. The summed E-state index contributed by atoms with van der Waals surface area (Å²) in [5.41, 5.74) is 8.04. The number of rotatable bonds is 7. The largest absolute Gasteiger partial charge is 0.332 e. The fraction of sp³-hybridized carbons (Fsp3) is 0.625. The summed E-state index contributed by atoms with van der Waals surface area (Å²) in [5.74, 6) is 0.624. The number of sulfonamides is 1. The van der Waals surface area contributed by atoms with Crippen LogP contribution in [0, 0.1) is 0 Å². The molecule has 1 heterocycles. The number of nitrogens with one attached hydrogen (secondary N) is 2. The first kappa shape index (κ1) is 13.5. The highest BCUT2D eigenvalue weighted by molar-refractivity contribution is 7.89. The number of H-pyrrole nitrogens is 1. The van der Waals surface area contributed by atoms with Crippen LogP contribution in [0.4, 0.5) is 0 Å². The van der Waals surface area contributed by atoms with Gasteiger partial charge in [-0.3, -0.25) is 0 Å². The van der Waals surface area contributed by atoms with Crippen molar-refractivity contribution < 1.29 is 8.42 Å². The van der Waals surface area contributed by atoms with Crippen molar-refractivity contribution in [2.75, 3.05) is 13.1 Å². The first-order chi connectivity index (χ1) is 8.10. The van der Waals surface area contributed by atoms with E-state index in [2.05, 4.69) is 24.7 Å². The molecule has 0 radical (unpaired) electrons. The van der Waals surface area contributed by atoms with E-state index in [9.17, 15) is 8.42 Å². The maximum Gasteiger partial charge on any atom is 0.257 e. The van der Waals surface area contributed by atoms with Crippen LogP contribution in [0.3, 0.4) is 0 Å². The first-order valence-corrected chi connectivity index (χ1v) is 6.63. The third-order valence-corrected chi connectivity index (χ3v) is 3.39. The van der Waals surface area contributed by atoms with Crippen LogP contribution >= 0.6 is 0 Å². The molecule has 0 aromatic carbocycles. The number of aromatic amines is 1. The lowest BCUT2D eigenvalue weighted by Gasteiger charge is -2.02. The summed E-state index contributed by atoms with van der Waals surface area (Å²) >= 11 is 0. The summed E-state index contributed by atoms with van der Waals surface area (Å²) in [7, 11) is -3.54. The van der Waals surface area contributed by atoms with E-state index >= 15 is 0 Å². The number of azide groups is 1. The third-order valence-electron chi connectivity index (χ3n) is 2.02. The second kappa shape index (κ2) is 6.24. The molecule has 1 aromatic heterocycles. The molecular weight excluding hydrogens is 244 g/mol. The van der Waals surface area contributed by atoms with Gasteiger partial charge in [0.2, 0.25) is 0 Å². The predicted octanol–water partition coefficient (Wildman–Crippen LogP) is 0.951. The van der Waals surface area contributed by atoms with Gasteiger partial charge in [-0.1, -0.05) is 12.0 Å². The molecule has 0 saturated carbocycles.